The van der Waals surface area contributed by atoms with E-state index < -0.39 is 22.3 Å². The van der Waals surface area contributed by atoms with Crippen molar-refractivity contribution in [2.45, 2.75) is 19.9 Å². The lowest BCUT2D eigenvalue weighted by atomic mass is 9.95. The van der Waals surface area contributed by atoms with Gasteiger partial charge in [0.1, 0.15) is 11.4 Å². The molecule has 0 aliphatic carbocycles. The summed E-state index contributed by atoms with van der Waals surface area (Å²) < 4.78 is 13.3. The number of benzene rings is 1. The van der Waals surface area contributed by atoms with E-state index in [0.29, 0.717) is 0 Å². The van der Waals surface area contributed by atoms with E-state index in [0.717, 1.165) is 23.8 Å². The maximum Gasteiger partial charge on any atom is 0.285 e. The molecule has 1 heterocycles. The minimum Gasteiger partial charge on any atom is -0.334 e. The van der Waals surface area contributed by atoms with Gasteiger partial charge < -0.3 is 4.90 Å². The quantitative estimate of drug-likeness (QED) is 0.619. The zero-order valence-electron chi connectivity index (χ0n) is 13.6. The SMILES string of the molecule is CC(C)[C@H](c1cccnc1)N(C)C(=O)c1ccc(F)cc1[N+](=O)[O-]. The molecule has 24 heavy (non-hydrogen) atoms. The Kier molecular flexibility index (Phi) is 5.23. The second-order valence-electron chi connectivity index (χ2n) is 5.81. The number of nitrogens with zero attached hydrogens (tertiary/aromatic N) is 3. The third kappa shape index (κ3) is 3.56. The Morgan fingerprint density at radius 3 is 2.58 bits per heavy atom. The summed E-state index contributed by atoms with van der Waals surface area (Å²) in [5.41, 5.74) is 0.145. The molecule has 1 amide bonds. The van der Waals surface area contributed by atoms with E-state index in [-0.39, 0.29) is 17.5 Å². The van der Waals surface area contributed by atoms with Gasteiger partial charge in [0.2, 0.25) is 0 Å². The van der Waals surface area contributed by atoms with E-state index in [1.807, 2.05) is 19.9 Å². The van der Waals surface area contributed by atoms with E-state index >= 15 is 0 Å². The molecule has 0 aliphatic heterocycles. The molecule has 1 atom stereocenters. The van der Waals surface area contributed by atoms with Gasteiger partial charge in [0, 0.05) is 19.4 Å². The molecule has 0 spiro atoms. The summed E-state index contributed by atoms with van der Waals surface area (Å²) in [5, 5.41) is 11.1. The minimum absolute atomic E-state index is 0.0580. The Labute approximate surface area is 139 Å². The van der Waals surface area contributed by atoms with Gasteiger partial charge in [0.15, 0.2) is 0 Å². The van der Waals surface area contributed by atoms with Gasteiger partial charge in [-0.15, -0.1) is 0 Å². The number of hydrogen-bond acceptors (Lipinski definition) is 4. The van der Waals surface area contributed by atoms with Crippen molar-refractivity contribution in [2.24, 2.45) is 5.92 Å². The maximum absolute atomic E-state index is 13.3. The summed E-state index contributed by atoms with van der Waals surface area (Å²) in [4.78, 5) is 28.7. The number of carbonyl (C=O) groups is 1. The lowest BCUT2D eigenvalue weighted by molar-refractivity contribution is -0.385. The maximum atomic E-state index is 13.3. The predicted molar refractivity (Wildman–Crippen MR) is 87.0 cm³/mol. The molecule has 0 unspecified atom stereocenters. The largest absolute Gasteiger partial charge is 0.334 e. The van der Waals surface area contributed by atoms with Crippen LogP contribution in [0.25, 0.3) is 0 Å². The Morgan fingerprint density at radius 2 is 2.04 bits per heavy atom. The molecule has 7 heteroatoms. The fourth-order valence-corrected chi connectivity index (χ4v) is 2.76. The average Bonchev–Trinajstić information content (AvgIpc) is 2.54. The van der Waals surface area contributed by atoms with Gasteiger partial charge in [0.05, 0.1) is 17.0 Å². The first-order chi connectivity index (χ1) is 11.3. The first-order valence-electron chi connectivity index (χ1n) is 7.44. The van der Waals surface area contributed by atoms with Crippen LogP contribution >= 0.6 is 0 Å². The molecular weight excluding hydrogens is 313 g/mol. The first-order valence-corrected chi connectivity index (χ1v) is 7.44. The van der Waals surface area contributed by atoms with Crippen LogP contribution in [-0.4, -0.2) is 27.8 Å². The van der Waals surface area contributed by atoms with E-state index in [1.54, 1.807) is 25.5 Å². The third-order valence-corrected chi connectivity index (χ3v) is 3.78. The summed E-state index contributed by atoms with van der Waals surface area (Å²) in [5.74, 6) is -1.24. The minimum atomic E-state index is -0.756. The van der Waals surface area contributed by atoms with Crippen LogP contribution in [0.5, 0.6) is 0 Å². The lowest BCUT2D eigenvalue weighted by Crippen LogP contribution is -2.34. The smallest absolute Gasteiger partial charge is 0.285 e. The lowest BCUT2D eigenvalue weighted by Gasteiger charge is -2.31. The Morgan fingerprint density at radius 1 is 1.33 bits per heavy atom. The van der Waals surface area contributed by atoms with Crippen molar-refractivity contribution in [2.75, 3.05) is 7.05 Å². The highest BCUT2D eigenvalue weighted by atomic mass is 19.1. The van der Waals surface area contributed by atoms with Crippen molar-refractivity contribution in [1.29, 1.82) is 0 Å². The van der Waals surface area contributed by atoms with E-state index in [9.17, 15) is 19.3 Å². The topological polar surface area (TPSA) is 76.3 Å². The number of rotatable bonds is 5. The van der Waals surface area contributed by atoms with Gasteiger partial charge >= 0.3 is 0 Å². The fourth-order valence-electron chi connectivity index (χ4n) is 2.76. The normalized spacial score (nSPS) is 12.0. The first kappa shape index (κ1) is 17.5. The number of aromatic nitrogens is 1. The van der Waals surface area contributed by atoms with Gasteiger partial charge in [-0.1, -0.05) is 19.9 Å². The monoisotopic (exact) mass is 331 g/mol. The van der Waals surface area contributed by atoms with Crippen LogP contribution < -0.4 is 0 Å². The molecule has 0 N–H and O–H groups in total. The standard InChI is InChI=1S/C17H18FN3O3/c1-11(2)16(12-5-4-8-19-10-12)20(3)17(22)14-7-6-13(18)9-15(14)21(23)24/h4-11,16H,1-3H3/t16-/m1/s1. The van der Waals surface area contributed by atoms with Crippen LogP contribution in [0.3, 0.4) is 0 Å². The van der Waals surface area contributed by atoms with Gasteiger partial charge in [-0.25, -0.2) is 4.39 Å². The molecule has 126 valence electrons. The van der Waals surface area contributed by atoms with Gasteiger partial charge in [-0.3, -0.25) is 19.9 Å². The summed E-state index contributed by atoms with van der Waals surface area (Å²) in [6, 6.07) is 6.25. The van der Waals surface area contributed by atoms with Crippen LogP contribution in [0.15, 0.2) is 42.7 Å². The number of halogens is 1. The molecule has 0 saturated heterocycles. The molecule has 0 fully saturated rings. The van der Waals surface area contributed by atoms with Gasteiger partial charge in [-0.2, -0.15) is 0 Å². The number of nitro benzene ring substituents is 1. The van der Waals surface area contributed by atoms with Crippen molar-refractivity contribution >= 4 is 11.6 Å². The Balaban J connectivity index is 2.43. The molecule has 0 aliphatic rings. The van der Waals surface area contributed by atoms with E-state index in [1.165, 1.54) is 4.90 Å². The van der Waals surface area contributed by atoms with Crippen LogP contribution in [0.2, 0.25) is 0 Å². The van der Waals surface area contributed by atoms with Crippen molar-refractivity contribution in [1.82, 2.24) is 9.88 Å². The number of hydrogen-bond donors (Lipinski definition) is 0. The van der Waals surface area contributed by atoms with Crippen molar-refractivity contribution in [3.63, 3.8) is 0 Å². The predicted octanol–water partition coefficient (Wildman–Crippen LogP) is 3.60. The van der Waals surface area contributed by atoms with Crippen molar-refractivity contribution in [3.05, 3.63) is 69.8 Å². The molecule has 2 aromatic rings. The summed E-state index contributed by atoms with van der Waals surface area (Å²) in [6.45, 7) is 3.89. The Bertz CT molecular complexity index is 750. The van der Waals surface area contributed by atoms with Crippen LogP contribution in [-0.2, 0) is 0 Å². The van der Waals surface area contributed by atoms with Crippen LogP contribution in [0.4, 0.5) is 10.1 Å². The van der Waals surface area contributed by atoms with Crippen LogP contribution in [0, 0.1) is 21.8 Å². The Hall–Kier alpha value is -2.83. The number of pyridine rings is 1. The number of amides is 1. The molecule has 2 rings (SSSR count). The summed E-state index contributed by atoms with van der Waals surface area (Å²) in [6.07, 6.45) is 3.29. The van der Waals surface area contributed by atoms with Crippen molar-refractivity contribution < 1.29 is 14.1 Å². The molecule has 0 bridgehead atoms. The summed E-state index contributed by atoms with van der Waals surface area (Å²) in [7, 11) is 1.58. The molecule has 0 saturated carbocycles. The zero-order chi connectivity index (χ0) is 17.9. The van der Waals surface area contributed by atoms with Crippen LogP contribution in [0.1, 0.15) is 35.8 Å². The second-order valence-corrected chi connectivity index (χ2v) is 5.81. The van der Waals surface area contributed by atoms with Gasteiger partial charge in [-0.05, 0) is 29.7 Å². The van der Waals surface area contributed by atoms with E-state index in [4.69, 9.17) is 0 Å². The molecule has 6 nitrogen and oxygen atoms in total. The van der Waals surface area contributed by atoms with E-state index in [2.05, 4.69) is 4.98 Å². The molecular formula is C17H18FN3O3. The molecule has 1 aromatic heterocycles. The highest BCUT2D eigenvalue weighted by Crippen LogP contribution is 2.30. The highest BCUT2D eigenvalue weighted by molar-refractivity contribution is 5.98. The van der Waals surface area contributed by atoms with Crippen molar-refractivity contribution in [3.8, 4) is 0 Å². The third-order valence-electron chi connectivity index (χ3n) is 3.78. The number of carbonyl (C=O) groups excluding carboxylic acids is 1. The average molecular weight is 331 g/mol. The number of nitro groups is 1. The second kappa shape index (κ2) is 7.16. The highest BCUT2D eigenvalue weighted by Gasteiger charge is 2.30. The summed E-state index contributed by atoms with van der Waals surface area (Å²) >= 11 is 0. The molecule has 1 aromatic carbocycles. The van der Waals surface area contributed by atoms with Gasteiger partial charge in [0.25, 0.3) is 11.6 Å². The zero-order valence-corrected chi connectivity index (χ0v) is 13.6. The fraction of sp³-hybridized carbons (Fsp3) is 0.294. The molecule has 0 radical (unpaired) electrons.